The van der Waals surface area contributed by atoms with Gasteiger partial charge in [-0.25, -0.2) is 0 Å². The van der Waals surface area contributed by atoms with Gasteiger partial charge in [-0.3, -0.25) is 14.4 Å². The lowest BCUT2D eigenvalue weighted by Gasteiger charge is -2.40. The van der Waals surface area contributed by atoms with E-state index in [0.29, 0.717) is 32.0 Å². The van der Waals surface area contributed by atoms with Gasteiger partial charge in [-0.1, -0.05) is 31.9 Å². The highest BCUT2D eigenvalue weighted by Gasteiger charge is 2.58. The lowest BCUT2D eigenvalue weighted by Crippen LogP contribution is -2.51. The highest BCUT2D eigenvalue weighted by atomic mass is 16.3. The predicted molar refractivity (Wildman–Crippen MR) is 116 cm³/mol. The quantitative estimate of drug-likeness (QED) is 0.556. The van der Waals surface area contributed by atoms with Crippen LogP contribution in [0.5, 0.6) is 0 Å². The average Bonchev–Trinajstić information content (AvgIpc) is 3.25. The van der Waals surface area contributed by atoms with E-state index in [1.54, 1.807) is 0 Å². The number of hydrogen-bond acceptors (Lipinski definition) is 4. The minimum absolute atomic E-state index is 0.0799. The Morgan fingerprint density at radius 1 is 1.00 bits per heavy atom. The second-order valence-electron chi connectivity index (χ2n) is 10.3. The fourth-order valence-corrected chi connectivity index (χ4v) is 6.83. The molecule has 3 heterocycles. The van der Waals surface area contributed by atoms with Crippen LogP contribution in [0.25, 0.3) is 0 Å². The molecule has 3 fully saturated rings. The normalized spacial score (nSPS) is 39.9. The summed E-state index contributed by atoms with van der Waals surface area (Å²) >= 11 is 0. The molecule has 6 atom stereocenters. The van der Waals surface area contributed by atoms with Gasteiger partial charge in [-0.2, -0.15) is 0 Å². The van der Waals surface area contributed by atoms with Crippen LogP contribution in [0.2, 0.25) is 0 Å². The van der Waals surface area contributed by atoms with Crippen molar-refractivity contribution in [1.29, 1.82) is 0 Å². The van der Waals surface area contributed by atoms with Crippen LogP contribution in [0.1, 0.15) is 58.3 Å². The number of amides is 2. The van der Waals surface area contributed by atoms with Crippen molar-refractivity contribution in [2.24, 2.45) is 29.6 Å². The molecular formula is C25H34N2O4. The molecule has 1 unspecified atom stereocenters. The zero-order valence-electron chi connectivity index (χ0n) is 18.5. The summed E-state index contributed by atoms with van der Waals surface area (Å²) in [5.74, 6) is -0.740. The van der Waals surface area contributed by atoms with E-state index in [-0.39, 0.29) is 35.0 Å². The number of fused-ring (bicyclic) bond motifs is 2. The Morgan fingerprint density at radius 3 is 2.52 bits per heavy atom. The van der Waals surface area contributed by atoms with Crippen LogP contribution in [-0.4, -0.2) is 57.9 Å². The molecule has 2 saturated heterocycles. The summed E-state index contributed by atoms with van der Waals surface area (Å²) in [5.41, 5.74) is -1.55. The number of hydrogen-bond donors (Lipinski definition) is 1. The van der Waals surface area contributed by atoms with Gasteiger partial charge < -0.3 is 14.9 Å². The molecule has 6 nitrogen and oxygen atoms in total. The standard InChI is InChI=1S/C25H34N2O4/c1-16-9-10-17-7-3-4-8-18(17)21(16)22(28)19-15-25(31)20(11-14-27(25)23(19)29)24(30)26-12-5-2-6-13-26/h9-10,15-18,20-21,31H,2-8,11-14H2,1H3/t16-,17+,18-,20-,21?,25-/m0/s1. The van der Waals surface area contributed by atoms with E-state index in [1.807, 2.05) is 4.90 Å². The topological polar surface area (TPSA) is 77.9 Å². The van der Waals surface area contributed by atoms with Crippen molar-refractivity contribution in [3.63, 3.8) is 0 Å². The maximum Gasteiger partial charge on any atom is 0.259 e. The van der Waals surface area contributed by atoms with Crippen LogP contribution < -0.4 is 0 Å². The first kappa shape index (κ1) is 20.9. The van der Waals surface area contributed by atoms with Gasteiger partial charge in [0.15, 0.2) is 11.5 Å². The Kier molecular flexibility index (Phi) is 5.32. The lowest BCUT2D eigenvalue weighted by atomic mass is 9.63. The Balaban J connectivity index is 1.42. The number of likely N-dealkylation sites (tertiary alicyclic amines) is 1. The van der Waals surface area contributed by atoms with Crippen molar-refractivity contribution < 1.29 is 19.5 Å². The molecule has 0 radical (unpaired) electrons. The van der Waals surface area contributed by atoms with Gasteiger partial charge >= 0.3 is 0 Å². The molecule has 0 bridgehead atoms. The summed E-state index contributed by atoms with van der Waals surface area (Å²) in [5, 5.41) is 11.5. The molecule has 0 aromatic heterocycles. The first-order valence-electron chi connectivity index (χ1n) is 12.2. The van der Waals surface area contributed by atoms with Crippen molar-refractivity contribution in [2.45, 2.75) is 64.0 Å². The van der Waals surface area contributed by atoms with Gasteiger partial charge in [0.25, 0.3) is 5.91 Å². The zero-order valence-corrected chi connectivity index (χ0v) is 18.5. The van der Waals surface area contributed by atoms with Gasteiger partial charge in [-0.15, -0.1) is 0 Å². The lowest BCUT2D eigenvalue weighted by molar-refractivity contribution is -0.152. The number of nitrogens with zero attached hydrogens (tertiary/aromatic N) is 2. The van der Waals surface area contributed by atoms with Gasteiger partial charge in [0.2, 0.25) is 5.91 Å². The molecule has 31 heavy (non-hydrogen) atoms. The molecule has 1 N–H and O–H groups in total. The summed E-state index contributed by atoms with van der Waals surface area (Å²) in [6, 6.07) is 0. The van der Waals surface area contributed by atoms with Crippen molar-refractivity contribution in [2.75, 3.05) is 19.6 Å². The van der Waals surface area contributed by atoms with Crippen LogP contribution >= 0.6 is 0 Å². The maximum atomic E-state index is 13.7. The first-order chi connectivity index (χ1) is 14.9. The first-order valence-corrected chi connectivity index (χ1v) is 12.2. The molecular weight excluding hydrogens is 392 g/mol. The molecule has 0 spiro atoms. The number of aliphatic hydroxyl groups is 1. The van der Waals surface area contributed by atoms with E-state index in [1.165, 1.54) is 17.4 Å². The van der Waals surface area contributed by atoms with Crippen LogP contribution in [0.4, 0.5) is 0 Å². The number of piperidine rings is 1. The van der Waals surface area contributed by atoms with E-state index in [0.717, 1.165) is 38.5 Å². The number of Topliss-reactive ketones (excluding diaryl/α,β-unsaturated/α-hetero) is 1. The minimum Gasteiger partial charge on any atom is -0.366 e. The Labute approximate surface area is 184 Å². The summed E-state index contributed by atoms with van der Waals surface area (Å²) in [6.07, 6.45) is 13.8. The number of carbonyl (C=O) groups excluding carboxylic acids is 3. The van der Waals surface area contributed by atoms with E-state index < -0.39 is 17.6 Å². The van der Waals surface area contributed by atoms with E-state index >= 15 is 0 Å². The van der Waals surface area contributed by atoms with E-state index in [4.69, 9.17) is 0 Å². The second-order valence-corrected chi connectivity index (χ2v) is 10.3. The monoisotopic (exact) mass is 426 g/mol. The minimum atomic E-state index is -1.66. The third-order valence-corrected chi connectivity index (χ3v) is 8.52. The average molecular weight is 427 g/mol. The highest BCUT2D eigenvalue weighted by molar-refractivity contribution is 6.22. The Bertz CT molecular complexity index is 842. The van der Waals surface area contributed by atoms with Gasteiger partial charge in [0.1, 0.15) is 0 Å². The second kappa shape index (κ2) is 7.88. The maximum absolute atomic E-state index is 13.7. The number of allylic oxidation sites excluding steroid dienone is 2. The van der Waals surface area contributed by atoms with Crippen LogP contribution in [0.15, 0.2) is 23.8 Å². The smallest absolute Gasteiger partial charge is 0.259 e. The third kappa shape index (κ3) is 3.29. The largest absolute Gasteiger partial charge is 0.366 e. The fraction of sp³-hybridized carbons (Fsp3) is 0.720. The molecule has 2 amide bonds. The van der Waals surface area contributed by atoms with Gasteiger partial charge in [0.05, 0.1) is 11.5 Å². The predicted octanol–water partition coefficient (Wildman–Crippen LogP) is 2.67. The number of rotatable bonds is 3. The molecule has 5 aliphatic rings. The van der Waals surface area contributed by atoms with Crippen molar-refractivity contribution in [3.8, 4) is 0 Å². The van der Waals surface area contributed by atoms with Crippen molar-refractivity contribution >= 4 is 17.6 Å². The van der Waals surface area contributed by atoms with Crippen molar-refractivity contribution in [3.05, 3.63) is 23.8 Å². The number of ketones is 1. The van der Waals surface area contributed by atoms with Crippen LogP contribution in [-0.2, 0) is 14.4 Å². The molecule has 2 aliphatic carbocycles. The zero-order chi connectivity index (χ0) is 21.8. The summed E-state index contributed by atoms with van der Waals surface area (Å²) in [7, 11) is 0. The Morgan fingerprint density at radius 2 is 1.74 bits per heavy atom. The molecule has 0 aromatic carbocycles. The number of carbonyl (C=O) groups is 3. The molecule has 5 rings (SSSR count). The van der Waals surface area contributed by atoms with Crippen LogP contribution in [0.3, 0.4) is 0 Å². The Hall–Kier alpha value is -1.95. The SMILES string of the molecule is C[C@H]1C=C[C@H]2CCCC[C@@H]2C1C(=O)C1=C[C@]2(O)[C@H](C(=O)N3CCCCC3)CCN2C1=O. The van der Waals surface area contributed by atoms with Gasteiger partial charge in [-0.05, 0) is 62.4 Å². The molecule has 0 aromatic rings. The third-order valence-electron chi connectivity index (χ3n) is 8.52. The van der Waals surface area contributed by atoms with Crippen molar-refractivity contribution in [1.82, 2.24) is 9.80 Å². The fourth-order valence-electron chi connectivity index (χ4n) is 6.83. The molecule has 3 aliphatic heterocycles. The summed E-state index contributed by atoms with van der Waals surface area (Å²) < 4.78 is 0. The highest BCUT2D eigenvalue weighted by Crippen LogP contribution is 2.47. The molecule has 168 valence electrons. The molecule has 6 heteroatoms. The summed E-state index contributed by atoms with van der Waals surface area (Å²) in [4.78, 5) is 43.3. The van der Waals surface area contributed by atoms with E-state index in [9.17, 15) is 19.5 Å². The molecule has 1 saturated carbocycles. The summed E-state index contributed by atoms with van der Waals surface area (Å²) in [6.45, 7) is 3.80. The van der Waals surface area contributed by atoms with Gasteiger partial charge in [0, 0.05) is 25.6 Å². The van der Waals surface area contributed by atoms with E-state index in [2.05, 4.69) is 19.1 Å². The van der Waals surface area contributed by atoms with Crippen LogP contribution in [0, 0.1) is 29.6 Å².